The molecule has 2 aromatic carbocycles. The first-order valence-electron chi connectivity index (χ1n) is 6.23. The molecule has 5 heteroatoms. The molecule has 0 saturated heterocycles. The summed E-state index contributed by atoms with van der Waals surface area (Å²) in [6.07, 6.45) is 0. The Morgan fingerprint density at radius 1 is 1.00 bits per heavy atom. The van der Waals surface area contributed by atoms with E-state index >= 15 is 0 Å². The zero-order valence-electron chi connectivity index (χ0n) is 10.7. The Balaban J connectivity index is 1.82. The third-order valence-corrected chi connectivity index (χ3v) is 3.53. The van der Waals surface area contributed by atoms with E-state index in [2.05, 4.69) is 31.2 Å². The quantitative estimate of drug-likeness (QED) is 0.771. The highest BCUT2D eigenvalue weighted by atomic mass is 79.9. The lowest BCUT2D eigenvalue weighted by Crippen LogP contribution is -2.05. The molecule has 3 rings (SSSR count). The SMILES string of the molecule is Nc1nc(NCc2ccc(Br)cc2)nc2ccccc12. The minimum atomic E-state index is 0.494. The molecule has 3 N–H and O–H groups in total. The van der Waals surface area contributed by atoms with Crippen molar-refractivity contribution < 1.29 is 0 Å². The maximum Gasteiger partial charge on any atom is 0.225 e. The number of aromatic nitrogens is 2. The Bertz CT molecular complexity index is 740. The number of nitrogen functional groups attached to an aromatic ring is 1. The van der Waals surface area contributed by atoms with Crippen LogP contribution >= 0.6 is 15.9 Å². The molecular weight excluding hydrogens is 316 g/mol. The Hall–Kier alpha value is -2.14. The first-order valence-corrected chi connectivity index (χ1v) is 7.02. The number of hydrogen-bond acceptors (Lipinski definition) is 4. The Labute approximate surface area is 125 Å². The number of rotatable bonds is 3. The Morgan fingerprint density at radius 3 is 2.55 bits per heavy atom. The number of anilines is 2. The monoisotopic (exact) mass is 328 g/mol. The van der Waals surface area contributed by atoms with Gasteiger partial charge in [0.2, 0.25) is 5.95 Å². The summed E-state index contributed by atoms with van der Waals surface area (Å²) < 4.78 is 1.06. The second kappa shape index (κ2) is 5.46. The lowest BCUT2D eigenvalue weighted by molar-refractivity contribution is 1.07. The van der Waals surface area contributed by atoms with Crippen LogP contribution in [0.3, 0.4) is 0 Å². The first-order chi connectivity index (χ1) is 9.72. The second-order valence-electron chi connectivity index (χ2n) is 4.43. The van der Waals surface area contributed by atoms with E-state index in [4.69, 9.17) is 5.73 Å². The molecule has 0 fully saturated rings. The molecule has 3 aromatic rings. The van der Waals surface area contributed by atoms with Crippen molar-refractivity contribution in [1.82, 2.24) is 9.97 Å². The van der Waals surface area contributed by atoms with Gasteiger partial charge in [-0.2, -0.15) is 4.98 Å². The molecule has 0 aliphatic carbocycles. The first kappa shape index (κ1) is 12.9. The predicted octanol–water partition coefficient (Wildman–Crippen LogP) is 3.59. The van der Waals surface area contributed by atoms with Crippen molar-refractivity contribution in [2.24, 2.45) is 0 Å². The topological polar surface area (TPSA) is 63.8 Å². The second-order valence-corrected chi connectivity index (χ2v) is 5.35. The van der Waals surface area contributed by atoms with E-state index in [1.807, 2.05) is 48.5 Å². The van der Waals surface area contributed by atoms with Gasteiger partial charge in [-0.15, -0.1) is 0 Å². The molecule has 1 heterocycles. The lowest BCUT2D eigenvalue weighted by atomic mass is 10.2. The smallest absolute Gasteiger partial charge is 0.225 e. The van der Waals surface area contributed by atoms with Gasteiger partial charge in [0.05, 0.1) is 5.52 Å². The van der Waals surface area contributed by atoms with Crippen LogP contribution < -0.4 is 11.1 Å². The van der Waals surface area contributed by atoms with Gasteiger partial charge in [0.1, 0.15) is 5.82 Å². The number of benzene rings is 2. The van der Waals surface area contributed by atoms with Crippen molar-refractivity contribution in [2.75, 3.05) is 11.1 Å². The van der Waals surface area contributed by atoms with E-state index in [1.54, 1.807) is 0 Å². The summed E-state index contributed by atoms with van der Waals surface area (Å²) >= 11 is 3.42. The number of hydrogen-bond donors (Lipinski definition) is 2. The molecule has 0 aliphatic rings. The highest BCUT2D eigenvalue weighted by Crippen LogP contribution is 2.19. The maximum atomic E-state index is 5.95. The van der Waals surface area contributed by atoms with Gasteiger partial charge >= 0.3 is 0 Å². The average Bonchev–Trinajstić information content (AvgIpc) is 2.47. The van der Waals surface area contributed by atoms with Gasteiger partial charge in [-0.05, 0) is 29.8 Å². The molecule has 0 bridgehead atoms. The number of para-hydroxylation sites is 1. The zero-order chi connectivity index (χ0) is 13.9. The van der Waals surface area contributed by atoms with E-state index in [9.17, 15) is 0 Å². The third kappa shape index (κ3) is 2.72. The van der Waals surface area contributed by atoms with Crippen LogP contribution in [0.15, 0.2) is 53.0 Å². The molecule has 0 aliphatic heterocycles. The van der Waals surface area contributed by atoms with Crippen molar-refractivity contribution in [2.45, 2.75) is 6.54 Å². The third-order valence-electron chi connectivity index (χ3n) is 3.00. The summed E-state index contributed by atoms with van der Waals surface area (Å²) in [6.45, 7) is 0.658. The van der Waals surface area contributed by atoms with Gasteiger partial charge in [-0.25, -0.2) is 4.98 Å². The van der Waals surface area contributed by atoms with Crippen LogP contribution in [0.2, 0.25) is 0 Å². The van der Waals surface area contributed by atoms with Gasteiger partial charge in [0.25, 0.3) is 0 Å². The normalized spacial score (nSPS) is 10.7. The lowest BCUT2D eigenvalue weighted by Gasteiger charge is -2.07. The molecule has 0 atom stereocenters. The largest absolute Gasteiger partial charge is 0.383 e. The molecule has 20 heavy (non-hydrogen) atoms. The molecule has 4 nitrogen and oxygen atoms in total. The van der Waals surface area contributed by atoms with Gasteiger partial charge in [0, 0.05) is 16.4 Å². The molecule has 0 spiro atoms. The molecule has 0 radical (unpaired) electrons. The van der Waals surface area contributed by atoms with E-state index < -0.39 is 0 Å². The predicted molar refractivity (Wildman–Crippen MR) is 85.4 cm³/mol. The Morgan fingerprint density at radius 2 is 1.75 bits per heavy atom. The van der Waals surface area contributed by atoms with Crippen LogP contribution in [0.25, 0.3) is 10.9 Å². The van der Waals surface area contributed by atoms with Crippen molar-refractivity contribution in [1.29, 1.82) is 0 Å². The van der Waals surface area contributed by atoms with Crippen LogP contribution in [0, 0.1) is 0 Å². The van der Waals surface area contributed by atoms with Gasteiger partial charge in [-0.1, -0.05) is 40.2 Å². The maximum absolute atomic E-state index is 5.95. The summed E-state index contributed by atoms with van der Waals surface area (Å²) in [4.78, 5) is 8.74. The fraction of sp³-hybridized carbons (Fsp3) is 0.0667. The van der Waals surface area contributed by atoms with E-state index in [1.165, 1.54) is 0 Å². The number of fused-ring (bicyclic) bond motifs is 1. The zero-order valence-corrected chi connectivity index (χ0v) is 12.3. The van der Waals surface area contributed by atoms with Crippen molar-refractivity contribution in [3.8, 4) is 0 Å². The summed E-state index contributed by atoms with van der Waals surface area (Å²) in [5.74, 6) is 1.04. The van der Waals surface area contributed by atoms with Crippen molar-refractivity contribution in [3.05, 3.63) is 58.6 Å². The molecule has 1 aromatic heterocycles. The standard InChI is InChI=1S/C15H13BrN4/c16-11-7-5-10(6-8-11)9-18-15-19-13-4-2-1-3-12(13)14(17)20-15/h1-8H,9H2,(H3,17,18,19,20). The minimum Gasteiger partial charge on any atom is -0.383 e. The van der Waals surface area contributed by atoms with Crippen LogP contribution in [0.4, 0.5) is 11.8 Å². The molecule has 0 amide bonds. The average molecular weight is 329 g/mol. The summed E-state index contributed by atoms with van der Waals surface area (Å²) in [7, 11) is 0. The Kier molecular flexibility index (Phi) is 3.52. The summed E-state index contributed by atoms with van der Waals surface area (Å²) in [6, 6.07) is 15.8. The highest BCUT2D eigenvalue weighted by Gasteiger charge is 2.04. The van der Waals surface area contributed by atoms with Gasteiger partial charge in [0.15, 0.2) is 0 Å². The number of nitrogens with one attached hydrogen (secondary N) is 1. The van der Waals surface area contributed by atoms with Crippen molar-refractivity contribution >= 4 is 38.6 Å². The van der Waals surface area contributed by atoms with Crippen LogP contribution in [0.5, 0.6) is 0 Å². The minimum absolute atomic E-state index is 0.494. The number of nitrogens with two attached hydrogens (primary N) is 1. The molecular formula is C15H13BrN4. The van der Waals surface area contributed by atoms with Crippen LogP contribution in [0.1, 0.15) is 5.56 Å². The fourth-order valence-electron chi connectivity index (χ4n) is 1.96. The molecule has 0 unspecified atom stereocenters. The summed E-state index contributed by atoms with van der Waals surface area (Å²) in [5.41, 5.74) is 7.95. The fourth-order valence-corrected chi connectivity index (χ4v) is 2.23. The van der Waals surface area contributed by atoms with Gasteiger partial charge in [-0.3, -0.25) is 0 Å². The van der Waals surface area contributed by atoms with E-state index in [-0.39, 0.29) is 0 Å². The van der Waals surface area contributed by atoms with Crippen molar-refractivity contribution in [3.63, 3.8) is 0 Å². The molecule has 0 saturated carbocycles. The summed E-state index contributed by atoms with van der Waals surface area (Å²) in [5, 5.41) is 4.07. The number of nitrogens with zero attached hydrogens (tertiary/aromatic N) is 2. The van der Waals surface area contributed by atoms with Crippen LogP contribution in [-0.4, -0.2) is 9.97 Å². The van der Waals surface area contributed by atoms with E-state index in [0.717, 1.165) is 20.9 Å². The molecule has 100 valence electrons. The van der Waals surface area contributed by atoms with Gasteiger partial charge < -0.3 is 11.1 Å². The highest BCUT2D eigenvalue weighted by molar-refractivity contribution is 9.10. The number of halogens is 1. The van der Waals surface area contributed by atoms with E-state index in [0.29, 0.717) is 18.3 Å². The van der Waals surface area contributed by atoms with Crippen LogP contribution in [-0.2, 0) is 6.54 Å².